The molecule has 0 unspecified atom stereocenters. The Bertz CT molecular complexity index is 686. The maximum absolute atomic E-state index is 11.3. The Balaban J connectivity index is 2.19. The summed E-state index contributed by atoms with van der Waals surface area (Å²) < 4.78 is 15.2. The van der Waals surface area contributed by atoms with Gasteiger partial charge in [0.25, 0.3) is 0 Å². The predicted molar refractivity (Wildman–Crippen MR) is 85.0 cm³/mol. The van der Waals surface area contributed by atoms with Crippen LogP contribution in [0.5, 0.6) is 11.5 Å². The van der Waals surface area contributed by atoms with E-state index in [1.54, 1.807) is 30.3 Å². The van der Waals surface area contributed by atoms with E-state index >= 15 is 0 Å². The molecule has 0 N–H and O–H groups in total. The van der Waals surface area contributed by atoms with Crippen molar-refractivity contribution in [2.45, 2.75) is 13.5 Å². The van der Waals surface area contributed by atoms with E-state index < -0.39 is 6.16 Å². The number of carbonyl (C=O) groups excluding carboxylic acids is 1. The monoisotopic (exact) mass is 340 g/mol. The molecule has 0 atom stereocenters. The van der Waals surface area contributed by atoms with Gasteiger partial charge in [0.15, 0.2) is 0 Å². The van der Waals surface area contributed by atoms with Crippen molar-refractivity contribution in [3.05, 3.63) is 57.6 Å². The molecule has 0 aliphatic rings. The smallest absolute Gasteiger partial charge is 0.487 e. The maximum Gasteiger partial charge on any atom is 0.513 e. The van der Waals surface area contributed by atoms with Gasteiger partial charge in [0.2, 0.25) is 0 Å². The van der Waals surface area contributed by atoms with Crippen LogP contribution in [0.25, 0.3) is 0 Å². The Labute approximate surface area is 138 Å². The van der Waals surface area contributed by atoms with E-state index in [1.807, 2.05) is 13.0 Å². The Morgan fingerprint density at radius 1 is 1.09 bits per heavy atom. The average Bonchev–Trinajstić information content (AvgIpc) is 2.48. The summed E-state index contributed by atoms with van der Waals surface area (Å²) in [6.45, 7) is 2.04. The van der Waals surface area contributed by atoms with Crippen LogP contribution in [-0.2, 0) is 11.3 Å². The van der Waals surface area contributed by atoms with Crippen molar-refractivity contribution in [2.24, 2.45) is 0 Å². The van der Waals surface area contributed by atoms with Gasteiger partial charge in [-0.3, -0.25) is 0 Å². The predicted octanol–water partition coefficient (Wildman–Crippen LogP) is 5.03. The summed E-state index contributed by atoms with van der Waals surface area (Å²) >= 11 is 12.3. The molecule has 2 aromatic carbocycles. The van der Waals surface area contributed by atoms with E-state index in [0.717, 1.165) is 5.56 Å². The molecule has 22 heavy (non-hydrogen) atoms. The summed E-state index contributed by atoms with van der Waals surface area (Å²) in [6.07, 6.45) is -0.822. The topological polar surface area (TPSA) is 44.8 Å². The first-order valence-corrected chi connectivity index (χ1v) is 7.19. The minimum absolute atomic E-state index is 0.106. The minimum Gasteiger partial charge on any atom is -0.487 e. The van der Waals surface area contributed by atoms with Gasteiger partial charge in [-0.05, 0) is 36.8 Å². The van der Waals surface area contributed by atoms with E-state index in [2.05, 4.69) is 4.74 Å². The summed E-state index contributed by atoms with van der Waals surface area (Å²) in [5, 5.41) is 0.923. The molecule has 0 radical (unpaired) electrons. The molecule has 0 aliphatic carbocycles. The molecule has 0 amide bonds. The number of hydrogen-bond acceptors (Lipinski definition) is 4. The van der Waals surface area contributed by atoms with Gasteiger partial charge in [-0.1, -0.05) is 35.3 Å². The van der Waals surface area contributed by atoms with Gasteiger partial charge in [0, 0.05) is 0 Å². The van der Waals surface area contributed by atoms with Crippen LogP contribution in [-0.4, -0.2) is 13.3 Å². The Hall–Kier alpha value is -1.91. The van der Waals surface area contributed by atoms with Crippen LogP contribution in [0.3, 0.4) is 0 Å². The lowest BCUT2D eigenvalue weighted by Gasteiger charge is -2.13. The quantitative estimate of drug-likeness (QED) is 0.578. The molecule has 6 heteroatoms. The zero-order chi connectivity index (χ0) is 16.1. The molecule has 0 fully saturated rings. The van der Waals surface area contributed by atoms with Gasteiger partial charge < -0.3 is 14.2 Å². The van der Waals surface area contributed by atoms with Crippen molar-refractivity contribution in [1.82, 2.24) is 0 Å². The number of halogens is 2. The van der Waals surface area contributed by atoms with E-state index in [0.29, 0.717) is 21.4 Å². The number of hydrogen-bond donors (Lipinski definition) is 0. The molecule has 0 heterocycles. The fourth-order valence-electron chi connectivity index (χ4n) is 1.78. The lowest BCUT2D eigenvalue weighted by atomic mass is 10.2. The van der Waals surface area contributed by atoms with Crippen molar-refractivity contribution in [1.29, 1.82) is 0 Å². The third kappa shape index (κ3) is 4.06. The normalized spacial score (nSPS) is 10.2. The molecule has 0 aromatic heterocycles. The number of benzene rings is 2. The highest BCUT2D eigenvalue weighted by molar-refractivity contribution is 6.32. The zero-order valence-corrected chi connectivity index (χ0v) is 13.6. The Morgan fingerprint density at radius 3 is 2.55 bits per heavy atom. The van der Waals surface area contributed by atoms with Crippen molar-refractivity contribution in [3.63, 3.8) is 0 Å². The van der Waals surface area contributed by atoms with E-state index in [1.165, 1.54) is 7.11 Å². The molecule has 0 aliphatic heterocycles. The van der Waals surface area contributed by atoms with Crippen LogP contribution in [0, 0.1) is 6.92 Å². The fraction of sp³-hybridized carbons (Fsp3) is 0.188. The van der Waals surface area contributed by atoms with Crippen LogP contribution in [0.2, 0.25) is 10.0 Å². The number of aryl methyl sites for hydroxylation is 1. The first-order chi connectivity index (χ1) is 10.5. The van der Waals surface area contributed by atoms with Gasteiger partial charge in [-0.15, -0.1) is 0 Å². The standard InChI is InChI=1S/C16H14Cl2O4/c1-10-6-7-15(13(18)8-10)21-9-11-12(17)4-3-5-14(11)22-16(19)20-2/h3-8H,9H2,1-2H3. The second-order valence-corrected chi connectivity index (χ2v) is 5.31. The molecule has 4 nitrogen and oxygen atoms in total. The molecule has 0 saturated carbocycles. The molecule has 0 bridgehead atoms. The van der Waals surface area contributed by atoms with Crippen molar-refractivity contribution < 1.29 is 19.0 Å². The second-order valence-electron chi connectivity index (χ2n) is 4.50. The molecule has 0 spiro atoms. The molecule has 2 rings (SSSR count). The van der Waals surface area contributed by atoms with Crippen LogP contribution >= 0.6 is 23.2 Å². The van der Waals surface area contributed by atoms with E-state index in [9.17, 15) is 4.79 Å². The van der Waals surface area contributed by atoms with E-state index in [-0.39, 0.29) is 12.4 Å². The fourth-order valence-corrected chi connectivity index (χ4v) is 2.29. The van der Waals surface area contributed by atoms with E-state index in [4.69, 9.17) is 32.7 Å². The zero-order valence-electron chi connectivity index (χ0n) is 12.1. The first-order valence-electron chi connectivity index (χ1n) is 6.43. The molecule has 2 aromatic rings. The molecular formula is C16H14Cl2O4. The van der Waals surface area contributed by atoms with Gasteiger partial charge in [0.05, 0.1) is 22.7 Å². The first kappa shape index (κ1) is 16.5. The van der Waals surface area contributed by atoms with Gasteiger partial charge in [0.1, 0.15) is 18.1 Å². The highest BCUT2D eigenvalue weighted by atomic mass is 35.5. The van der Waals surface area contributed by atoms with Crippen molar-refractivity contribution in [2.75, 3.05) is 7.11 Å². The lowest BCUT2D eigenvalue weighted by Crippen LogP contribution is -2.10. The highest BCUT2D eigenvalue weighted by Crippen LogP contribution is 2.31. The minimum atomic E-state index is -0.822. The Morgan fingerprint density at radius 2 is 1.86 bits per heavy atom. The summed E-state index contributed by atoms with van der Waals surface area (Å²) in [4.78, 5) is 11.3. The third-order valence-corrected chi connectivity index (χ3v) is 3.54. The van der Waals surface area contributed by atoms with Crippen LogP contribution < -0.4 is 9.47 Å². The molecular weight excluding hydrogens is 327 g/mol. The summed E-state index contributed by atoms with van der Waals surface area (Å²) in [6, 6.07) is 10.4. The van der Waals surface area contributed by atoms with Crippen LogP contribution in [0.4, 0.5) is 4.79 Å². The highest BCUT2D eigenvalue weighted by Gasteiger charge is 2.14. The van der Waals surface area contributed by atoms with Gasteiger partial charge in [-0.25, -0.2) is 4.79 Å². The van der Waals surface area contributed by atoms with Gasteiger partial charge in [-0.2, -0.15) is 0 Å². The van der Waals surface area contributed by atoms with Crippen LogP contribution in [0.1, 0.15) is 11.1 Å². The summed E-state index contributed by atoms with van der Waals surface area (Å²) in [5.74, 6) is 0.804. The van der Waals surface area contributed by atoms with Crippen LogP contribution in [0.15, 0.2) is 36.4 Å². The van der Waals surface area contributed by atoms with Crippen molar-refractivity contribution >= 4 is 29.4 Å². The van der Waals surface area contributed by atoms with Gasteiger partial charge >= 0.3 is 6.16 Å². The average molecular weight is 341 g/mol. The number of carbonyl (C=O) groups is 1. The Kier molecular flexibility index (Phi) is 5.52. The third-order valence-electron chi connectivity index (χ3n) is 2.90. The molecule has 116 valence electrons. The second kappa shape index (κ2) is 7.38. The summed E-state index contributed by atoms with van der Waals surface area (Å²) in [7, 11) is 1.23. The maximum atomic E-state index is 11.3. The number of rotatable bonds is 4. The number of methoxy groups -OCH3 is 1. The number of ether oxygens (including phenoxy) is 3. The largest absolute Gasteiger partial charge is 0.513 e. The SMILES string of the molecule is COC(=O)Oc1cccc(Cl)c1COc1ccc(C)cc1Cl. The lowest BCUT2D eigenvalue weighted by molar-refractivity contribution is 0.120. The van der Waals surface area contributed by atoms with Crippen molar-refractivity contribution in [3.8, 4) is 11.5 Å². The summed E-state index contributed by atoms with van der Waals surface area (Å²) in [5.41, 5.74) is 1.57. The molecule has 0 saturated heterocycles.